The molecule has 1 aliphatic carbocycles. The van der Waals surface area contributed by atoms with Gasteiger partial charge in [0.25, 0.3) is 0 Å². The topological polar surface area (TPSA) is 57.6 Å². The van der Waals surface area contributed by atoms with Crippen molar-refractivity contribution < 1.29 is 14.7 Å². The molecule has 0 saturated carbocycles. The Hall–Kier alpha value is -1.84. The Balaban J connectivity index is 1.79. The first-order valence-electron chi connectivity index (χ1n) is 6.29. The summed E-state index contributed by atoms with van der Waals surface area (Å²) in [5, 5.41) is 9.11. The SMILES string of the molecule is O=C(O)[C@@H]1CCCN1C(=O)C1Cc2ccccc21. The Labute approximate surface area is 105 Å². The molecule has 18 heavy (non-hydrogen) atoms. The number of nitrogens with zero attached hydrogens (tertiary/aromatic N) is 1. The molecule has 0 spiro atoms. The first-order valence-corrected chi connectivity index (χ1v) is 6.29. The molecular formula is C14H15NO3. The summed E-state index contributed by atoms with van der Waals surface area (Å²) < 4.78 is 0. The summed E-state index contributed by atoms with van der Waals surface area (Å²) in [6, 6.07) is 7.27. The lowest BCUT2D eigenvalue weighted by Gasteiger charge is -2.33. The van der Waals surface area contributed by atoms with E-state index >= 15 is 0 Å². The third-order valence-electron chi connectivity index (χ3n) is 3.97. The second kappa shape index (κ2) is 4.12. The van der Waals surface area contributed by atoms with E-state index in [9.17, 15) is 9.59 Å². The maximum absolute atomic E-state index is 12.4. The van der Waals surface area contributed by atoms with Crippen molar-refractivity contribution in [3.8, 4) is 0 Å². The van der Waals surface area contributed by atoms with Gasteiger partial charge in [-0.05, 0) is 30.4 Å². The van der Waals surface area contributed by atoms with Crippen molar-refractivity contribution in [1.29, 1.82) is 0 Å². The average molecular weight is 245 g/mol. The van der Waals surface area contributed by atoms with Crippen LogP contribution in [0.2, 0.25) is 0 Å². The zero-order valence-electron chi connectivity index (χ0n) is 10.0. The number of hydrogen-bond acceptors (Lipinski definition) is 2. The first kappa shape index (κ1) is 11.3. The fourth-order valence-electron chi connectivity index (χ4n) is 2.97. The number of aliphatic carboxylic acids is 1. The lowest BCUT2D eigenvalue weighted by molar-refractivity contribution is -0.149. The second-order valence-corrected chi connectivity index (χ2v) is 4.98. The van der Waals surface area contributed by atoms with Crippen molar-refractivity contribution in [2.24, 2.45) is 0 Å². The van der Waals surface area contributed by atoms with Crippen LogP contribution in [0.3, 0.4) is 0 Å². The molecule has 94 valence electrons. The number of likely N-dealkylation sites (tertiary alicyclic amines) is 1. The maximum atomic E-state index is 12.4. The second-order valence-electron chi connectivity index (χ2n) is 4.98. The van der Waals surface area contributed by atoms with Gasteiger partial charge in [0.1, 0.15) is 6.04 Å². The summed E-state index contributed by atoms with van der Waals surface area (Å²) in [6.45, 7) is 0.578. The molecule has 1 fully saturated rings. The number of benzene rings is 1. The smallest absolute Gasteiger partial charge is 0.326 e. The number of fused-ring (bicyclic) bond motifs is 1. The van der Waals surface area contributed by atoms with Crippen LogP contribution in [0.25, 0.3) is 0 Å². The van der Waals surface area contributed by atoms with Crippen LogP contribution in [0.4, 0.5) is 0 Å². The molecule has 4 nitrogen and oxygen atoms in total. The molecule has 1 heterocycles. The molecule has 1 aromatic carbocycles. The van der Waals surface area contributed by atoms with E-state index in [0.717, 1.165) is 18.4 Å². The lowest BCUT2D eigenvalue weighted by Crippen LogP contribution is -2.45. The molecule has 3 rings (SSSR count). The van der Waals surface area contributed by atoms with Crippen LogP contribution in [-0.4, -0.2) is 34.5 Å². The van der Waals surface area contributed by atoms with E-state index in [4.69, 9.17) is 5.11 Å². The van der Waals surface area contributed by atoms with Crippen LogP contribution in [0.15, 0.2) is 24.3 Å². The minimum absolute atomic E-state index is 0.0152. The molecule has 1 saturated heterocycles. The number of carboxylic acid groups (broad SMARTS) is 1. The Bertz CT molecular complexity index is 512. The molecule has 2 atom stereocenters. The molecule has 0 bridgehead atoms. The van der Waals surface area contributed by atoms with Gasteiger partial charge in [0.15, 0.2) is 0 Å². The number of hydrogen-bond donors (Lipinski definition) is 1. The fraction of sp³-hybridized carbons (Fsp3) is 0.429. The summed E-state index contributed by atoms with van der Waals surface area (Å²) in [7, 11) is 0. The number of rotatable bonds is 2. The van der Waals surface area contributed by atoms with Crippen molar-refractivity contribution in [2.75, 3.05) is 6.54 Å². The van der Waals surface area contributed by atoms with Crippen molar-refractivity contribution in [3.63, 3.8) is 0 Å². The highest BCUT2D eigenvalue weighted by Gasteiger charge is 2.40. The van der Waals surface area contributed by atoms with Crippen molar-refractivity contribution in [2.45, 2.75) is 31.2 Å². The highest BCUT2D eigenvalue weighted by atomic mass is 16.4. The van der Waals surface area contributed by atoms with Gasteiger partial charge in [0, 0.05) is 6.54 Å². The quantitative estimate of drug-likeness (QED) is 0.856. The van der Waals surface area contributed by atoms with E-state index in [0.29, 0.717) is 13.0 Å². The fourth-order valence-corrected chi connectivity index (χ4v) is 2.97. The molecule has 1 N–H and O–H groups in total. The van der Waals surface area contributed by atoms with Gasteiger partial charge in [-0.25, -0.2) is 4.79 Å². The number of carboxylic acids is 1. The zero-order chi connectivity index (χ0) is 12.7. The normalized spacial score (nSPS) is 25.4. The molecule has 0 radical (unpaired) electrons. The Morgan fingerprint density at radius 3 is 2.78 bits per heavy atom. The van der Waals surface area contributed by atoms with E-state index in [1.54, 1.807) is 4.90 Å². The molecule has 1 aromatic rings. The first-order chi connectivity index (χ1) is 8.68. The molecule has 1 amide bonds. The zero-order valence-corrected chi connectivity index (χ0v) is 10.0. The largest absolute Gasteiger partial charge is 0.480 e. The van der Waals surface area contributed by atoms with Crippen molar-refractivity contribution >= 4 is 11.9 Å². The molecule has 1 unspecified atom stereocenters. The summed E-state index contributed by atoms with van der Waals surface area (Å²) in [6.07, 6.45) is 2.12. The summed E-state index contributed by atoms with van der Waals surface area (Å²) in [4.78, 5) is 25.0. The van der Waals surface area contributed by atoms with Gasteiger partial charge in [-0.1, -0.05) is 24.3 Å². The minimum Gasteiger partial charge on any atom is -0.480 e. The standard InChI is InChI=1S/C14H15NO3/c16-13(15-7-3-6-12(15)14(17)18)11-8-9-4-1-2-5-10(9)11/h1-2,4-5,11-12H,3,6-8H2,(H,17,18)/t11?,12-/m0/s1. The van der Waals surface area contributed by atoms with E-state index in [-0.39, 0.29) is 11.8 Å². The third kappa shape index (κ3) is 1.60. The van der Waals surface area contributed by atoms with Crippen LogP contribution in [0.1, 0.15) is 29.9 Å². The Morgan fingerprint density at radius 1 is 1.28 bits per heavy atom. The minimum atomic E-state index is -0.881. The van der Waals surface area contributed by atoms with Crippen LogP contribution >= 0.6 is 0 Å². The highest BCUT2D eigenvalue weighted by Crippen LogP contribution is 2.37. The predicted molar refractivity (Wildman–Crippen MR) is 65.3 cm³/mol. The summed E-state index contributed by atoms with van der Waals surface area (Å²) >= 11 is 0. The Kier molecular flexibility index (Phi) is 2.58. The van der Waals surface area contributed by atoms with Crippen molar-refractivity contribution in [1.82, 2.24) is 4.90 Å². The van der Waals surface area contributed by atoms with Gasteiger partial charge >= 0.3 is 5.97 Å². The number of amides is 1. The van der Waals surface area contributed by atoms with Gasteiger partial charge in [-0.15, -0.1) is 0 Å². The third-order valence-corrected chi connectivity index (χ3v) is 3.97. The monoisotopic (exact) mass is 245 g/mol. The predicted octanol–water partition coefficient (Wildman–Crippen LogP) is 1.40. The molecular weight excluding hydrogens is 230 g/mol. The average Bonchev–Trinajstić information content (AvgIpc) is 2.79. The van der Waals surface area contributed by atoms with E-state index in [2.05, 4.69) is 0 Å². The van der Waals surface area contributed by atoms with E-state index in [1.807, 2.05) is 24.3 Å². The summed E-state index contributed by atoms with van der Waals surface area (Å²) in [5.74, 6) is -1.02. The number of carbonyl (C=O) groups excluding carboxylic acids is 1. The van der Waals surface area contributed by atoms with Gasteiger partial charge in [-0.2, -0.15) is 0 Å². The molecule has 0 aromatic heterocycles. The number of carbonyl (C=O) groups is 2. The lowest BCUT2D eigenvalue weighted by atomic mass is 9.77. The van der Waals surface area contributed by atoms with Crippen molar-refractivity contribution in [3.05, 3.63) is 35.4 Å². The van der Waals surface area contributed by atoms with E-state index < -0.39 is 12.0 Å². The van der Waals surface area contributed by atoms with Gasteiger partial charge in [0.05, 0.1) is 5.92 Å². The maximum Gasteiger partial charge on any atom is 0.326 e. The van der Waals surface area contributed by atoms with Gasteiger partial charge < -0.3 is 10.0 Å². The molecule has 4 heteroatoms. The highest BCUT2D eigenvalue weighted by molar-refractivity contribution is 5.90. The van der Waals surface area contributed by atoms with Crippen LogP contribution in [-0.2, 0) is 16.0 Å². The van der Waals surface area contributed by atoms with Crippen LogP contribution in [0.5, 0.6) is 0 Å². The van der Waals surface area contributed by atoms with Gasteiger partial charge in [0.2, 0.25) is 5.91 Å². The van der Waals surface area contributed by atoms with E-state index in [1.165, 1.54) is 5.56 Å². The molecule has 2 aliphatic rings. The van der Waals surface area contributed by atoms with Gasteiger partial charge in [-0.3, -0.25) is 4.79 Å². The summed E-state index contributed by atoms with van der Waals surface area (Å²) in [5.41, 5.74) is 2.28. The Morgan fingerprint density at radius 2 is 2.06 bits per heavy atom. The van der Waals surface area contributed by atoms with Crippen LogP contribution in [0, 0.1) is 0 Å². The van der Waals surface area contributed by atoms with Crippen LogP contribution < -0.4 is 0 Å². The molecule has 1 aliphatic heterocycles.